The molecule has 2 aromatic carbocycles. The van der Waals surface area contributed by atoms with Gasteiger partial charge in [0.2, 0.25) is 5.91 Å². The highest BCUT2D eigenvalue weighted by Crippen LogP contribution is 2.39. The topological polar surface area (TPSA) is 78.9 Å². The number of hydrogen-bond donors (Lipinski definition) is 2. The zero-order valence-corrected chi connectivity index (χ0v) is 20.5. The van der Waals surface area contributed by atoms with Gasteiger partial charge >= 0.3 is 18.4 Å². The first-order valence-electron chi connectivity index (χ1n) is 12.0. The quantitative estimate of drug-likeness (QED) is 0.304. The third-order valence-corrected chi connectivity index (χ3v) is 6.43. The van der Waals surface area contributed by atoms with Crippen molar-refractivity contribution < 1.29 is 45.8 Å². The second kappa shape index (κ2) is 12.1. The minimum absolute atomic E-state index is 0.0824. The van der Waals surface area contributed by atoms with Crippen molar-refractivity contribution in [1.82, 2.24) is 10.2 Å². The van der Waals surface area contributed by atoms with Crippen LogP contribution in [0.2, 0.25) is 0 Å². The Kier molecular flexibility index (Phi) is 9.29. The van der Waals surface area contributed by atoms with Gasteiger partial charge in [0.05, 0.1) is 23.3 Å². The molecule has 3 rings (SSSR count). The number of carbonyl (C=O) groups is 2. The predicted molar refractivity (Wildman–Crippen MR) is 125 cm³/mol. The molecule has 38 heavy (non-hydrogen) atoms. The number of benzene rings is 2. The zero-order chi connectivity index (χ0) is 28.1. The molecule has 0 aliphatic carbocycles. The molecule has 3 atom stereocenters. The first kappa shape index (κ1) is 29.3. The predicted octanol–water partition coefficient (Wildman–Crippen LogP) is 6.23. The van der Waals surface area contributed by atoms with Crippen LogP contribution in [0.25, 0.3) is 0 Å². The molecule has 0 aromatic heterocycles. The first-order valence-corrected chi connectivity index (χ1v) is 12.0. The summed E-state index contributed by atoms with van der Waals surface area (Å²) < 4.78 is 86.1. The molecule has 1 aliphatic rings. The van der Waals surface area contributed by atoms with E-state index >= 15 is 0 Å². The van der Waals surface area contributed by atoms with Crippen molar-refractivity contribution in [3.63, 3.8) is 0 Å². The van der Waals surface area contributed by atoms with Crippen molar-refractivity contribution in [1.29, 1.82) is 0 Å². The average molecular weight is 547 g/mol. The molecule has 2 amide bonds. The third-order valence-electron chi connectivity index (χ3n) is 6.43. The summed E-state index contributed by atoms with van der Waals surface area (Å²) >= 11 is 0. The van der Waals surface area contributed by atoms with Crippen LogP contribution in [-0.4, -0.2) is 47.7 Å². The summed E-state index contributed by atoms with van der Waals surface area (Å²) in [6.07, 6.45) is -12.0. The van der Waals surface area contributed by atoms with Crippen LogP contribution in [-0.2, 0) is 21.9 Å². The van der Waals surface area contributed by atoms with Gasteiger partial charge in [0.15, 0.2) is 0 Å². The molecule has 2 aromatic rings. The molecule has 208 valence electrons. The van der Waals surface area contributed by atoms with Gasteiger partial charge in [-0.25, -0.2) is 4.79 Å². The van der Waals surface area contributed by atoms with E-state index in [0.717, 1.165) is 5.56 Å². The van der Waals surface area contributed by atoms with Crippen LogP contribution in [0.3, 0.4) is 0 Å². The number of halogens is 6. The number of ether oxygens (including phenoxy) is 1. The summed E-state index contributed by atoms with van der Waals surface area (Å²) in [5.41, 5.74) is -2.25. The van der Waals surface area contributed by atoms with E-state index < -0.39 is 41.8 Å². The van der Waals surface area contributed by atoms with E-state index in [0.29, 0.717) is 25.0 Å². The van der Waals surface area contributed by atoms with Gasteiger partial charge < -0.3 is 20.1 Å². The van der Waals surface area contributed by atoms with E-state index in [2.05, 4.69) is 5.32 Å². The summed E-state index contributed by atoms with van der Waals surface area (Å²) in [5.74, 6) is -0.557. The third kappa shape index (κ3) is 7.86. The Morgan fingerprint density at radius 3 is 2.21 bits per heavy atom. The molecule has 6 nitrogen and oxygen atoms in total. The first-order chi connectivity index (χ1) is 17.8. The lowest BCUT2D eigenvalue weighted by atomic mass is 9.87. The number of likely N-dealkylation sites (tertiary alicyclic amines) is 1. The molecular weight excluding hydrogens is 518 g/mol. The van der Waals surface area contributed by atoms with Crippen molar-refractivity contribution in [2.24, 2.45) is 0 Å². The molecule has 2 N–H and O–H groups in total. The number of hydrogen-bond acceptors (Lipinski definition) is 3. The van der Waals surface area contributed by atoms with E-state index in [-0.39, 0.29) is 49.5 Å². The smallest absolute Gasteiger partial charge is 0.416 e. The van der Waals surface area contributed by atoms with Gasteiger partial charge in [0, 0.05) is 32.0 Å². The number of piperidine rings is 1. The fourth-order valence-electron chi connectivity index (χ4n) is 4.49. The summed E-state index contributed by atoms with van der Waals surface area (Å²) in [6, 6.07) is 10.4. The molecule has 0 spiro atoms. The van der Waals surface area contributed by atoms with E-state index in [1.807, 2.05) is 12.1 Å². The molecular formula is C26H28F6N2O4. The molecule has 0 saturated carbocycles. The maximum atomic E-state index is 13.3. The summed E-state index contributed by atoms with van der Waals surface area (Å²) in [6.45, 7) is 2.05. The number of rotatable bonds is 8. The van der Waals surface area contributed by atoms with Gasteiger partial charge in [-0.1, -0.05) is 30.3 Å². The molecule has 0 radical (unpaired) electrons. The van der Waals surface area contributed by atoms with Crippen molar-refractivity contribution in [2.75, 3.05) is 19.6 Å². The Morgan fingerprint density at radius 1 is 1.05 bits per heavy atom. The molecule has 0 bridgehead atoms. The van der Waals surface area contributed by atoms with Crippen LogP contribution < -0.4 is 5.32 Å². The standard InChI is InChI=1S/C26H28F6N2O4/c1-16(18-12-19(25(27,28)29)14-20(13-18)26(30,31)32)38-22-9-11-34(23(35)8-5-10-33-24(36)37)15-21(22)17-6-3-2-4-7-17/h2-4,6-7,12-14,16,21-22,33H,5,8-11,15H2,1H3,(H,36,37)/t16-,21+,22+/m1/s1. The number of nitrogens with one attached hydrogen (secondary N) is 1. The maximum Gasteiger partial charge on any atom is 0.416 e. The number of alkyl halides is 6. The minimum atomic E-state index is -4.96. The average Bonchev–Trinajstić information content (AvgIpc) is 2.85. The molecule has 1 fully saturated rings. The Morgan fingerprint density at radius 2 is 1.66 bits per heavy atom. The molecule has 0 unspecified atom stereocenters. The highest BCUT2D eigenvalue weighted by atomic mass is 19.4. The Balaban J connectivity index is 1.79. The van der Waals surface area contributed by atoms with Crippen LogP contribution in [0.5, 0.6) is 0 Å². The van der Waals surface area contributed by atoms with E-state index in [9.17, 15) is 35.9 Å². The molecule has 1 heterocycles. The molecule has 1 aliphatic heterocycles. The van der Waals surface area contributed by atoms with Crippen molar-refractivity contribution >= 4 is 12.0 Å². The van der Waals surface area contributed by atoms with Crippen molar-refractivity contribution in [3.05, 3.63) is 70.8 Å². The summed E-state index contributed by atoms with van der Waals surface area (Å²) in [5, 5.41) is 10.8. The number of nitrogens with zero attached hydrogens (tertiary/aromatic N) is 1. The Labute approximate surface area is 215 Å². The van der Waals surface area contributed by atoms with Gasteiger partial charge in [-0.05, 0) is 49.1 Å². The highest BCUT2D eigenvalue weighted by Gasteiger charge is 2.38. The number of carboxylic acid groups (broad SMARTS) is 1. The van der Waals surface area contributed by atoms with Crippen LogP contribution in [0.15, 0.2) is 48.5 Å². The van der Waals surface area contributed by atoms with Gasteiger partial charge in [0.25, 0.3) is 0 Å². The molecule has 12 heteroatoms. The highest BCUT2D eigenvalue weighted by molar-refractivity contribution is 5.76. The van der Waals surface area contributed by atoms with Crippen LogP contribution in [0.1, 0.15) is 60.5 Å². The SMILES string of the molecule is C[C@@H](O[C@H]1CCN(C(=O)CCCNC(=O)O)C[C@H]1c1ccccc1)c1cc(C(F)(F)F)cc(C(F)(F)F)c1. The van der Waals surface area contributed by atoms with Crippen LogP contribution in [0, 0.1) is 0 Å². The van der Waals surface area contributed by atoms with Crippen molar-refractivity contribution in [2.45, 2.75) is 56.7 Å². The fraction of sp³-hybridized carbons (Fsp3) is 0.462. The number of amides is 2. The number of carbonyl (C=O) groups excluding carboxylic acids is 1. The largest absolute Gasteiger partial charge is 0.465 e. The van der Waals surface area contributed by atoms with Gasteiger partial charge in [0.1, 0.15) is 0 Å². The lowest BCUT2D eigenvalue weighted by Gasteiger charge is -2.40. The molecule has 1 saturated heterocycles. The second-order valence-corrected chi connectivity index (χ2v) is 9.14. The second-order valence-electron chi connectivity index (χ2n) is 9.14. The van der Waals surface area contributed by atoms with E-state index in [1.54, 1.807) is 23.1 Å². The zero-order valence-electron chi connectivity index (χ0n) is 20.5. The monoisotopic (exact) mass is 546 g/mol. The Hall–Kier alpha value is -3.28. The van der Waals surface area contributed by atoms with E-state index in [4.69, 9.17) is 9.84 Å². The van der Waals surface area contributed by atoms with Gasteiger partial charge in [-0.3, -0.25) is 4.79 Å². The van der Waals surface area contributed by atoms with Crippen molar-refractivity contribution in [3.8, 4) is 0 Å². The fourth-order valence-corrected chi connectivity index (χ4v) is 4.49. The summed E-state index contributed by atoms with van der Waals surface area (Å²) in [7, 11) is 0. The van der Waals surface area contributed by atoms with Gasteiger partial charge in [-0.15, -0.1) is 0 Å². The Bertz CT molecular complexity index is 1070. The van der Waals surface area contributed by atoms with E-state index in [1.165, 1.54) is 6.92 Å². The van der Waals surface area contributed by atoms with Crippen LogP contribution >= 0.6 is 0 Å². The normalized spacial score (nSPS) is 19.2. The van der Waals surface area contributed by atoms with Crippen LogP contribution in [0.4, 0.5) is 31.1 Å². The van der Waals surface area contributed by atoms with Gasteiger partial charge in [-0.2, -0.15) is 26.3 Å². The lowest BCUT2D eigenvalue weighted by Crippen LogP contribution is -2.46. The maximum absolute atomic E-state index is 13.3. The summed E-state index contributed by atoms with van der Waals surface area (Å²) in [4.78, 5) is 24.9. The lowest BCUT2D eigenvalue weighted by molar-refractivity contribution is -0.143. The minimum Gasteiger partial charge on any atom is -0.465 e.